The number of carboxylic acid groups (broad SMARTS) is 1. The molecule has 4 aromatic rings. The Kier molecular flexibility index (Phi) is 8.87. The van der Waals surface area contributed by atoms with Gasteiger partial charge in [-0.25, -0.2) is 4.98 Å². The molecule has 0 spiro atoms. The lowest BCUT2D eigenvalue weighted by Crippen LogP contribution is -2.26. The van der Waals surface area contributed by atoms with Crippen LogP contribution >= 0.6 is 27.3 Å². The average Bonchev–Trinajstić information content (AvgIpc) is 3.37. The fraction of sp³-hybridized carbons (Fsp3) is 0.148. The molecule has 1 aromatic heterocycles. The number of alkyl halides is 3. The predicted octanol–water partition coefficient (Wildman–Crippen LogP) is 7.01. The van der Waals surface area contributed by atoms with Crippen molar-refractivity contribution in [1.82, 2.24) is 10.3 Å². The highest BCUT2D eigenvalue weighted by Gasteiger charge is 2.31. The Morgan fingerprint density at radius 3 is 2.41 bits per heavy atom. The molecular formula is C27H21BrF3N3O4S. The van der Waals surface area contributed by atoms with Crippen LogP contribution in [-0.4, -0.2) is 34.9 Å². The second-order valence-corrected chi connectivity index (χ2v) is 10.0. The molecule has 0 aliphatic carbocycles. The van der Waals surface area contributed by atoms with Gasteiger partial charge in [0.25, 0.3) is 5.91 Å². The van der Waals surface area contributed by atoms with Gasteiger partial charge in [0, 0.05) is 33.2 Å². The Hall–Kier alpha value is -3.90. The first-order chi connectivity index (χ1) is 18.6. The Morgan fingerprint density at radius 1 is 1.05 bits per heavy atom. The summed E-state index contributed by atoms with van der Waals surface area (Å²) in [4.78, 5) is 29.7. The molecule has 0 unspecified atom stereocenters. The van der Waals surface area contributed by atoms with Gasteiger partial charge in [-0.05, 0) is 54.1 Å². The molecular weight excluding hydrogens is 599 g/mol. The number of hydrogen-bond donors (Lipinski definition) is 2. The molecule has 3 aromatic carbocycles. The van der Waals surface area contributed by atoms with E-state index in [9.17, 15) is 22.8 Å². The maximum absolute atomic E-state index is 12.6. The number of carboxylic acids is 1. The molecule has 12 heteroatoms. The van der Waals surface area contributed by atoms with Crippen LogP contribution in [0.1, 0.15) is 22.3 Å². The second kappa shape index (κ2) is 12.3. The molecule has 0 atom stereocenters. The van der Waals surface area contributed by atoms with Gasteiger partial charge < -0.3 is 20.1 Å². The lowest BCUT2D eigenvalue weighted by atomic mass is 10.1. The number of nitrogens with one attached hydrogen (secondary N) is 1. The van der Waals surface area contributed by atoms with Crippen molar-refractivity contribution in [2.24, 2.45) is 0 Å². The van der Waals surface area contributed by atoms with Gasteiger partial charge in [-0.1, -0.05) is 40.2 Å². The molecule has 39 heavy (non-hydrogen) atoms. The molecule has 0 aliphatic heterocycles. The van der Waals surface area contributed by atoms with Crippen LogP contribution in [0.3, 0.4) is 0 Å². The van der Waals surface area contributed by atoms with Gasteiger partial charge in [0.15, 0.2) is 5.13 Å². The van der Waals surface area contributed by atoms with E-state index in [2.05, 4.69) is 26.0 Å². The standard InChI is InChI=1S/C27H21BrF3N3O4S/c28-20-3-1-2-19(14-20)23-16-39-26(33-23)34(15-17-4-10-22(11-5-17)38-27(29,30)31)21-8-6-18(7-9-21)25(37)32-13-12-24(35)36/h1-11,14,16H,12-13,15H2,(H,32,37)(H,35,36). The fourth-order valence-electron chi connectivity index (χ4n) is 3.59. The summed E-state index contributed by atoms with van der Waals surface area (Å²) in [5, 5.41) is 13.9. The van der Waals surface area contributed by atoms with Gasteiger partial charge >= 0.3 is 12.3 Å². The lowest BCUT2D eigenvalue weighted by Gasteiger charge is -2.23. The Labute approximate surface area is 234 Å². The second-order valence-electron chi connectivity index (χ2n) is 8.25. The Balaban J connectivity index is 1.60. The first-order valence-electron chi connectivity index (χ1n) is 11.5. The van der Waals surface area contributed by atoms with Crippen molar-refractivity contribution in [2.75, 3.05) is 11.4 Å². The van der Waals surface area contributed by atoms with Crippen molar-refractivity contribution >= 4 is 50.0 Å². The predicted molar refractivity (Wildman–Crippen MR) is 145 cm³/mol. The van der Waals surface area contributed by atoms with Crippen LogP contribution in [0.25, 0.3) is 11.3 Å². The van der Waals surface area contributed by atoms with Crippen LogP contribution in [0, 0.1) is 0 Å². The van der Waals surface area contributed by atoms with E-state index < -0.39 is 18.2 Å². The third kappa shape index (κ3) is 8.04. The number of benzene rings is 3. The molecule has 0 saturated heterocycles. The molecule has 7 nitrogen and oxygen atoms in total. The van der Waals surface area contributed by atoms with E-state index >= 15 is 0 Å². The number of aliphatic carboxylic acids is 1. The zero-order chi connectivity index (χ0) is 28.0. The summed E-state index contributed by atoms with van der Waals surface area (Å²) in [6.07, 6.45) is -4.96. The van der Waals surface area contributed by atoms with Gasteiger partial charge in [0.1, 0.15) is 5.75 Å². The third-order valence-corrected chi connectivity index (χ3v) is 6.76. The van der Waals surface area contributed by atoms with Crippen LogP contribution in [-0.2, 0) is 11.3 Å². The minimum atomic E-state index is -4.78. The van der Waals surface area contributed by atoms with Gasteiger partial charge in [-0.2, -0.15) is 0 Å². The normalized spacial score (nSPS) is 11.2. The van der Waals surface area contributed by atoms with Crippen LogP contribution in [0.15, 0.2) is 82.6 Å². The number of rotatable bonds is 10. The molecule has 0 aliphatic rings. The van der Waals surface area contributed by atoms with Crippen molar-refractivity contribution in [1.29, 1.82) is 0 Å². The molecule has 1 heterocycles. The number of carbonyl (C=O) groups excluding carboxylic acids is 1. The van der Waals surface area contributed by atoms with Crippen LogP contribution in [0.2, 0.25) is 0 Å². The van der Waals surface area contributed by atoms with E-state index in [0.29, 0.717) is 21.9 Å². The largest absolute Gasteiger partial charge is 0.573 e. The quantitative estimate of drug-likeness (QED) is 0.198. The molecule has 0 saturated carbocycles. The maximum atomic E-state index is 12.6. The van der Waals surface area contributed by atoms with E-state index in [0.717, 1.165) is 15.7 Å². The highest BCUT2D eigenvalue weighted by Crippen LogP contribution is 2.34. The highest BCUT2D eigenvalue weighted by molar-refractivity contribution is 9.10. The zero-order valence-electron chi connectivity index (χ0n) is 20.1. The summed E-state index contributed by atoms with van der Waals surface area (Å²) >= 11 is 4.86. The number of thiazole rings is 1. The molecule has 202 valence electrons. The van der Waals surface area contributed by atoms with Gasteiger partial charge in [0.05, 0.1) is 18.7 Å². The van der Waals surface area contributed by atoms with Gasteiger partial charge in [0.2, 0.25) is 0 Å². The number of carbonyl (C=O) groups is 2. The number of nitrogens with zero attached hydrogens (tertiary/aromatic N) is 2. The first kappa shape index (κ1) is 28.1. The van der Waals surface area contributed by atoms with Crippen LogP contribution in [0.4, 0.5) is 24.0 Å². The minimum Gasteiger partial charge on any atom is -0.481 e. The van der Waals surface area contributed by atoms with E-state index in [1.54, 1.807) is 36.4 Å². The summed E-state index contributed by atoms with van der Waals surface area (Å²) < 4.78 is 42.6. The third-order valence-electron chi connectivity index (χ3n) is 5.41. The minimum absolute atomic E-state index is 0.00752. The monoisotopic (exact) mass is 619 g/mol. The molecule has 4 rings (SSSR count). The summed E-state index contributed by atoms with van der Waals surface area (Å²) in [5.74, 6) is -1.73. The average molecular weight is 620 g/mol. The van der Waals surface area contributed by atoms with Crippen molar-refractivity contribution < 1.29 is 32.6 Å². The zero-order valence-corrected chi connectivity index (χ0v) is 22.5. The van der Waals surface area contributed by atoms with Crippen molar-refractivity contribution in [2.45, 2.75) is 19.3 Å². The Morgan fingerprint density at radius 2 is 1.77 bits per heavy atom. The van der Waals surface area contributed by atoms with Gasteiger partial charge in [-0.15, -0.1) is 24.5 Å². The Bertz CT molecular complexity index is 1440. The number of aromatic nitrogens is 1. The molecule has 1 amide bonds. The molecule has 0 bridgehead atoms. The first-order valence-corrected chi connectivity index (χ1v) is 13.2. The molecule has 2 N–H and O–H groups in total. The van der Waals surface area contributed by atoms with Crippen molar-refractivity contribution in [3.8, 4) is 17.0 Å². The number of ether oxygens (including phenoxy) is 1. The van der Waals surface area contributed by atoms with E-state index in [4.69, 9.17) is 10.1 Å². The number of amides is 1. The summed E-state index contributed by atoms with van der Waals surface area (Å²) in [6.45, 7) is 0.287. The number of anilines is 2. The lowest BCUT2D eigenvalue weighted by molar-refractivity contribution is -0.274. The van der Waals surface area contributed by atoms with Crippen molar-refractivity contribution in [3.05, 3.63) is 93.8 Å². The number of hydrogen-bond acceptors (Lipinski definition) is 6. The van der Waals surface area contributed by atoms with Crippen molar-refractivity contribution in [3.63, 3.8) is 0 Å². The molecule has 0 fully saturated rings. The highest BCUT2D eigenvalue weighted by atomic mass is 79.9. The number of halogens is 4. The van der Waals surface area contributed by atoms with E-state index in [-0.39, 0.29) is 25.3 Å². The fourth-order valence-corrected chi connectivity index (χ4v) is 4.85. The summed E-state index contributed by atoms with van der Waals surface area (Å²) in [7, 11) is 0. The SMILES string of the molecule is O=C(O)CCNC(=O)c1ccc(N(Cc2ccc(OC(F)(F)F)cc2)c2nc(-c3cccc(Br)c3)cs2)cc1. The summed E-state index contributed by atoms with van der Waals surface area (Å²) in [6, 6.07) is 20.0. The van der Waals surface area contributed by atoms with E-state index in [1.807, 2.05) is 34.5 Å². The maximum Gasteiger partial charge on any atom is 0.573 e. The van der Waals surface area contributed by atoms with Crippen LogP contribution in [0.5, 0.6) is 5.75 Å². The summed E-state index contributed by atoms with van der Waals surface area (Å²) in [5.41, 5.74) is 3.42. The smallest absolute Gasteiger partial charge is 0.481 e. The topological polar surface area (TPSA) is 91.8 Å². The van der Waals surface area contributed by atoms with Gasteiger partial charge in [-0.3, -0.25) is 9.59 Å². The molecule has 0 radical (unpaired) electrons. The van der Waals surface area contributed by atoms with E-state index in [1.165, 1.54) is 23.5 Å². The van der Waals surface area contributed by atoms with Crippen LogP contribution < -0.4 is 15.0 Å².